The lowest BCUT2D eigenvalue weighted by Crippen LogP contribution is -2.18. The first-order valence-electron chi connectivity index (χ1n) is 7.88. The third-order valence-electron chi connectivity index (χ3n) is 5.10. The molecule has 0 aliphatic heterocycles. The van der Waals surface area contributed by atoms with Crippen molar-refractivity contribution < 1.29 is 0 Å². The number of imidazole rings is 1. The number of benzene rings is 1. The first-order valence-corrected chi connectivity index (χ1v) is 8.79. The van der Waals surface area contributed by atoms with Gasteiger partial charge in [-0.05, 0) is 36.8 Å². The Morgan fingerprint density at radius 2 is 2.14 bits per heavy atom. The highest BCUT2D eigenvalue weighted by Crippen LogP contribution is 2.44. The van der Waals surface area contributed by atoms with Crippen molar-refractivity contribution in [3.63, 3.8) is 0 Å². The maximum atomic E-state index is 6.33. The van der Waals surface area contributed by atoms with Gasteiger partial charge in [0.15, 0.2) is 0 Å². The van der Waals surface area contributed by atoms with Crippen LogP contribution in [0.4, 0.5) is 0 Å². The zero-order valence-corrected chi connectivity index (χ0v) is 14.2. The van der Waals surface area contributed by atoms with E-state index >= 15 is 0 Å². The number of rotatable bonds is 4. The maximum absolute atomic E-state index is 6.33. The van der Waals surface area contributed by atoms with Gasteiger partial charge in [0.25, 0.3) is 0 Å². The molecule has 0 radical (unpaired) electrons. The minimum Gasteiger partial charge on any atom is -0.325 e. The molecular weight excluding hydrogens is 303 g/mol. The van der Waals surface area contributed by atoms with Gasteiger partial charge in [-0.15, -0.1) is 11.6 Å². The van der Waals surface area contributed by atoms with Gasteiger partial charge in [-0.1, -0.05) is 37.9 Å². The molecule has 3 atom stereocenters. The average Bonchev–Trinajstić information content (AvgIpc) is 3.01. The first-order chi connectivity index (χ1) is 10.2. The summed E-state index contributed by atoms with van der Waals surface area (Å²) in [5.41, 5.74) is 2.09. The van der Waals surface area contributed by atoms with Crippen LogP contribution in [0.5, 0.6) is 0 Å². The molecule has 1 saturated carbocycles. The molecule has 3 unspecified atom stereocenters. The van der Waals surface area contributed by atoms with Gasteiger partial charge in [0.2, 0.25) is 0 Å². The molecule has 0 saturated heterocycles. The maximum Gasteiger partial charge on any atom is 0.111 e. The van der Waals surface area contributed by atoms with Gasteiger partial charge in [0.1, 0.15) is 11.3 Å². The number of halogens is 2. The van der Waals surface area contributed by atoms with E-state index in [1.54, 1.807) is 0 Å². The number of hydrogen-bond acceptors (Lipinski definition) is 1. The highest BCUT2D eigenvalue weighted by atomic mass is 35.5. The summed E-state index contributed by atoms with van der Waals surface area (Å²) in [6.45, 7) is 4.68. The van der Waals surface area contributed by atoms with Crippen molar-refractivity contribution in [3.8, 4) is 0 Å². The SMILES string of the molecule is CCC1CCC(n2c(CCCl)nc3c(Cl)cccc32)C1C. The quantitative estimate of drug-likeness (QED) is 0.682. The van der Waals surface area contributed by atoms with Crippen LogP contribution in [0.2, 0.25) is 5.02 Å². The third-order valence-corrected chi connectivity index (χ3v) is 5.60. The Morgan fingerprint density at radius 3 is 2.81 bits per heavy atom. The molecule has 1 heterocycles. The van der Waals surface area contributed by atoms with Gasteiger partial charge in [0, 0.05) is 18.3 Å². The Morgan fingerprint density at radius 1 is 1.33 bits per heavy atom. The topological polar surface area (TPSA) is 17.8 Å². The zero-order valence-electron chi connectivity index (χ0n) is 12.6. The van der Waals surface area contributed by atoms with Gasteiger partial charge in [0.05, 0.1) is 10.5 Å². The monoisotopic (exact) mass is 324 g/mol. The summed E-state index contributed by atoms with van der Waals surface area (Å²) < 4.78 is 2.42. The number of aryl methyl sites for hydroxylation is 1. The largest absolute Gasteiger partial charge is 0.325 e. The first kappa shape index (κ1) is 15.2. The molecule has 1 aromatic carbocycles. The highest BCUT2D eigenvalue weighted by Gasteiger charge is 2.34. The molecule has 0 spiro atoms. The van der Waals surface area contributed by atoms with Crippen molar-refractivity contribution in [2.75, 3.05) is 5.88 Å². The number of nitrogens with zero attached hydrogens (tertiary/aromatic N) is 2. The lowest BCUT2D eigenvalue weighted by molar-refractivity contribution is 0.329. The third kappa shape index (κ3) is 2.57. The Kier molecular flexibility index (Phi) is 4.46. The van der Waals surface area contributed by atoms with Crippen LogP contribution in [0.25, 0.3) is 11.0 Å². The smallest absolute Gasteiger partial charge is 0.111 e. The minimum atomic E-state index is 0.525. The molecule has 0 bridgehead atoms. The molecule has 1 fully saturated rings. The van der Waals surface area contributed by atoms with Crippen LogP contribution in [0.15, 0.2) is 18.2 Å². The molecule has 2 aromatic rings. The summed E-state index contributed by atoms with van der Waals surface area (Å²) in [5, 5.41) is 0.736. The number of alkyl halides is 1. The molecule has 1 aromatic heterocycles. The Balaban J connectivity index is 2.12. The predicted molar refractivity (Wildman–Crippen MR) is 90.4 cm³/mol. The fourth-order valence-electron chi connectivity index (χ4n) is 3.93. The van der Waals surface area contributed by atoms with E-state index < -0.39 is 0 Å². The van der Waals surface area contributed by atoms with Crippen LogP contribution in [-0.4, -0.2) is 15.4 Å². The van der Waals surface area contributed by atoms with E-state index in [-0.39, 0.29) is 0 Å². The van der Waals surface area contributed by atoms with E-state index in [4.69, 9.17) is 28.2 Å². The average molecular weight is 325 g/mol. The van der Waals surface area contributed by atoms with Gasteiger partial charge in [-0.25, -0.2) is 4.98 Å². The number of para-hydroxylation sites is 1. The molecule has 21 heavy (non-hydrogen) atoms. The van der Waals surface area contributed by atoms with Crippen LogP contribution in [-0.2, 0) is 6.42 Å². The Hall–Kier alpha value is -0.730. The second kappa shape index (κ2) is 6.18. The molecule has 0 N–H and O–H groups in total. The Bertz CT molecular complexity index is 635. The van der Waals surface area contributed by atoms with Crippen LogP contribution < -0.4 is 0 Å². The van der Waals surface area contributed by atoms with E-state index in [9.17, 15) is 0 Å². The standard InChI is InChI=1S/C17H22Cl2N2/c1-3-12-7-8-14(11(12)2)21-15-6-4-5-13(19)17(15)20-16(21)9-10-18/h4-6,11-12,14H,3,7-10H2,1-2H3. The summed E-state index contributed by atoms with van der Waals surface area (Å²) in [6, 6.07) is 6.59. The number of aromatic nitrogens is 2. The Labute approximate surface area is 136 Å². The summed E-state index contributed by atoms with van der Waals surface area (Å²) in [5.74, 6) is 3.18. The second-order valence-corrected chi connectivity index (χ2v) is 6.90. The van der Waals surface area contributed by atoms with Gasteiger partial charge < -0.3 is 4.57 Å². The molecular formula is C17H22Cl2N2. The van der Waals surface area contributed by atoms with E-state index in [1.165, 1.54) is 19.3 Å². The van der Waals surface area contributed by atoms with Crippen molar-refractivity contribution in [2.45, 2.75) is 45.6 Å². The summed E-state index contributed by atoms with van der Waals surface area (Å²) >= 11 is 12.3. The lowest BCUT2D eigenvalue weighted by Gasteiger charge is -2.23. The number of fused-ring (bicyclic) bond motifs is 1. The van der Waals surface area contributed by atoms with Crippen LogP contribution in [0, 0.1) is 11.8 Å². The van der Waals surface area contributed by atoms with Crippen molar-refractivity contribution in [1.82, 2.24) is 9.55 Å². The van der Waals surface area contributed by atoms with Crippen LogP contribution >= 0.6 is 23.2 Å². The second-order valence-electron chi connectivity index (χ2n) is 6.12. The van der Waals surface area contributed by atoms with Gasteiger partial charge in [-0.2, -0.15) is 0 Å². The molecule has 3 rings (SSSR count). The molecule has 1 aliphatic carbocycles. The van der Waals surface area contributed by atoms with Crippen molar-refractivity contribution in [3.05, 3.63) is 29.0 Å². The number of hydrogen-bond donors (Lipinski definition) is 0. The molecule has 0 amide bonds. The summed E-state index contributed by atoms with van der Waals surface area (Å²) in [7, 11) is 0. The van der Waals surface area contributed by atoms with E-state index in [2.05, 4.69) is 24.5 Å². The highest BCUT2D eigenvalue weighted by molar-refractivity contribution is 6.34. The minimum absolute atomic E-state index is 0.525. The molecule has 4 heteroatoms. The zero-order chi connectivity index (χ0) is 15.0. The lowest BCUT2D eigenvalue weighted by atomic mass is 9.93. The fraction of sp³-hybridized carbons (Fsp3) is 0.588. The molecule has 2 nitrogen and oxygen atoms in total. The predicted octanol–water partition coefficient (Wildman–Crippen LogP) is 5.47. The van der Waals surface area contributed by atoms with E-state index in [1.807, 2.05) is 12.1 Å². The van der Waals surface area contributed by atoms with Crippen molar-refractivity contribution >= 4 is 34.2 Å². The summed E-state index contributed by atoms with van der Waals surface area (Å²) in [6.07, 6.45) is 4.60. The fourth-order valence-corrected chi connectivity index (χ4v) is 4.31. The van der Waals surface area contributed by atoms with E-state index in [0.717, 1.165) is 34.2 Å². The summed E-state index contributed by atoms with van der Waals surface area (Å²) in [4.78, 5) is 4.78. The molecule has 1 aliphatic rings. The van der Waals surface area contributed by atoms with E-state index in [0.29, 0.717) is 17.8 Å². The van der Waals surface area contributed by atoms with Gasteiger partial charge in [-0.3, -0.25) is 0 Å². The van der Waals surface area contributed by atoms with Crippen LogP contribution in [0.1, 0.15) is 45.0 Å². The van der Waals surface area contributed by atoms with Gasteiger partial charge >= 0.3 is 0 Å². The van der Waals surface area contributed by atoms with Crippen LogP contribution in [0.3, 0.4) is 0 Å². The molecule has 114 valence electrons. The van der Waals surface area contributed by atoms with Crippen molar-refractivity contribution in [2.24, 2.45) is 11.8 Å². The van der Waals surface area contributed by atoms with Crippen molar-refractivity contribution in [1.29, 1.82) is 0 Å². The normalized spacial score (nSPS) is 25.8.